The molecule has 1 aromatic carbocycles. The number of aryl methyl sites for hydroxylation is 1. The minimum absolute atomic E-state index is 1.10. The van der Waals surface area contributed by atoms with Crippen molar-refractivity contribution >= 4 is 32.3 Å². The summed E-state index contributed by atoms with van der Waals surface area (Å²) < 4.78 is 1.35. The highest BCUT2D eigenvalue weighted by Crippen LogP contribution is 2.30. The quantitative estimate of drug-likeness (QED) is 0.537. The van der Waals surface area contributed by atoms with E-state index in [1.165, 1.54) is 15.5 Å². The third kappa shape index (κ3) is 0.976. The Hall–Kier alpha value is -1.41. The molecular weight excluding hydrogens is 190 g/mol. The summed E-state index contributed by atoms with van der Waals surface area (Å²) in [6, 6.07) is 10.5. The van der Waals surface area contributed by atoms with Crippen LogP contribution in [0.5, 0.6) is 0 Å². The Morgan fingerprint density at radius 1 is 1.07 bits per heavy atom. The van der Waals surface area contributed by atoms with Crippen LogP contribution in [0.25, 0.3) is 21.0 Å². The summed E-state index contributed by atoms with van der Waals surface area (Å²) in [6.45, 7) is 2.07. The molecule has 3 rings (SSSR count). The zero-order chi connectivity index (χ0) is 9.54. The molecule has 1 nitrogen and oxygen atoms in total. The first-order chi connectivity index (χ1) is 6.86. The molecule has 0 atom stereocenters. The summed E-state index contributed by atoms with van der Waals surface area (Å²) in [5, 5.41) is 4.68. The molecule has 0 aliphatic carbocycles. The van der Waals surface area contributed by atoms with Gasteiger partial charge in [-0.3, -0.25) is 4.98 Å². The number of benzene rings is 1. The summed E-state index contributed by atoms with van der Waals surface area (Å²) in [5.41, 5.74) is 2.22. The van der Waals surface area contributed by atoms with E-state index in [1.54, 1.807) is 11.3 Å². The van der Waals surface area contributed by atoms with E-state index in [0.29, 0.717) is 0 Å². The van der Waals surface area contributed by atoms with Gasteiger partial charge in [0.1, 0.15) is 0 Å². The number of fused-ring (bicyclic) bond motifs is 3. The van der Waals surface area contributed by atoms with E-state index in [0.717, 1.165) is 11.2 Å². The van der Waals surface area contributed by atoms with Crippen molar-refractivity contribution in [2.45, 2.75) is 6.92 Å². The van der Waals surface area contributed by atoms with Gasteiger partial charge >= 0.3 is 0 Å². The summed E-state index contributed by atoms with van der Waals surface area (Å²) >= 11 is 1.79. The van der Waals surface area contributed by atoms with Gasteiger partial charge < -0.3 is 0 Å². The fraction of sp³-hybridized carbons (Fsp3) is 0.0833. The highest BCUT2D eigenvalue weighted by molar-refractivity contribution is 7.18. The molecule has 2 heteroatoms. The second kappa shape index (κ2) is 2.79. The van der Waals surface area contributed by atoms with Crippen LogP contribution in [0.2, 0.25) is 0 Å². The zero-order valence-electron chi connectivity index (χ0n) is 7.82. The molecule has 0 amide bonds. The van der Waals surface area contributed by atoms with Gasteiger partial charge in [-0.25, -0.2) is 0 Å². The van der Waals surface area contributed by atoms with Crippen LogP contribution < -0.4 is 0 Å². The Bertz CT molecular complexity index is 610. The monoisotopic (exact) mass is 199 g/mol. The van der Waals surface area contributed by atoms with Crippen molar-refractivity contribution in [2.24, 2.45) is 0 Å². The van der Waals surface area contributed by atoms with Crippen molar-refractivity contribution in [1.82, 2.24) is 4.98 Å². The largest absolute Gasteiger partial charge is 0.252 e. The molecule has 0 radical (unpaired) electrons. The van der Waals surface area contributed by atoms with Crippen molar-refractivity contribution in [3.05, 3.63) is 41.4 Å². The Morgan fingerprint density at radius 3 is 2.86 bits per heavy atom. The average molecular weight is 199 g/mol. The Morgan fingerprint density at radius 2 is 1.93 bits per heavy atom. The van der Waals surface area contributed by atoms with E-state index in [9.17, 15) is 0 Å². The second-order valence-corrected chi connectivity index (χ2v) is 4.29. The summed E-state index contributed by atoms with van der Waals surface area (Å²) in [5.74, 6) is 0. The highest BCUT2D eigenvalue weighted by atomic mass is 32.1. The lowest BCUT2D eigenvalue weighted by molar-refractivity contribution is 1.29. The Labute approximate surface area is 86.0 Å². The molecule has 2 heterocycles. The number of nitrogens with zero attached hydrogens (tertiary/aromatic N) is 1. The van der Waals surface area contributed by atoms with E-state index >= 15 is 0 Å². The maximum absolute atomic E-state index is 4.58. The third-order valence-electron chi connectivity index (χ3n) is 2.49. The topological polar surface area (TPSA) is 12.9 Å². The molecule has 0 saturated carbocycles. The molecule has 0 unspecified atom stereocenters. The molecule has 0 aliphatic heterocycles. The van der Waals surface area contributed by atoms with Crippen molar-refractivity contribution in [1.29, 1.82) is 0 Å². The van der Waals surface area contributed by atoms with Crippen LogP contribution in [0.1, 0.15) is 5.69 Å². The molecular formula is C12H9NS. The molecule has 0 fully saturated rings. The number of rotatable bonds is 0. The summed E-state index contributed by atoms with van der Waals surface area (Å²) in [6.07, 6.45) is 0. The predicted octanol–water partition coefficient (Wildman–Crippen LogP) is 3.76. The first-order valence-electron chi connectivity index (χ1n) is 4.59. The van der Waals surface area contributed by atoms with Gasteiger partial charge in [-0.1, -0.05) is 18.2 Å². The Kier molecular flexibility index (Phi) is 1.58. The number of para-hydroxylation sites is 1. The fourth-order valence-corrected chi connectivity index (χ4v) is 2.79. The van der Waals surface area contributed by atoms with Gasteiger partial charge in [0.05, 0.1) is 5.52 Å². The van der Waals surface area contributed by atoms with Gasteiger partial charge in [-0.2, -0.15) is 0 Å². The fourth-order valence-electron chi connectivity index (χ4n) is 1.81. The van der Waals surface area contributed by atoms with Crippen LogP contribution in [-0.4, -0.2) is 4.98 Å². The molecule has 3 aromatic rings. The maximum atomic E-state index is 4.58. The first-order valence-corrected chi connectivity index (χ1v) is 5.47. The molecule has 0 saturated heterocycles. The van der Waals surface area contributed by atoms with Gasteiger partial charge in [0.25, 0.3) is 0 Å². The zero-order valence-corrected chi connectivity index (χ0v) is 8.64. The number of thiophene rings is 1. The number of pyridine rings is 1. The Balaban J connectivity index is 2.66. The molecule has 0 bridgehead atoms. The SMILES string of the molecule is Cc1nc2ccccc2c2sccc12. The number of hydrogen-bond acceptors (Lipinski definition) is 2. The van der Waals surface area contributed by atoms with Crippen molar-refractivity contribution in [2.75, 3.05) is 0 Å². The highest BCUT2D eigenvalue weighted by Gasteiger charge is 2.04. The van der Waals surface area contributed by atoms with E-state index in [1.807, 2.05) is 6.07 Å². The molecule has 0 aliphatic rings. The lowest BCUT2D eigenvalue weighted by Crippen LogP contribution is -1.83. The summed E-state index contributed by atoms with van der Waals surface area (Å²) in [4.78, 5) is 4.58. The predicted molar refractivity (Wildman–Crippen MR) is 61.9 cm³/mol. The van der Waals surface area contributed by atoms with Crippen LogP contribution in [-0.2, 0) is 0 Å². The van der Waals surface area contributed by atoms with Crippen molar-refractivity contribution in [3.8, 4) is 0 Å². The van der Waals surface area contributed by atoms with E-state index in [4.69, 9.17) is 0 Å². The molecule has 2 aromatic heterocycles. The van der Waals surface area contributed by atoms with Gasteiger partial charge in [0.2, 0.25) is 0 Å². The van der Waals surface area contributed by atoms with Crippen LogP contribution >= 0.6 is 11.3 Å². The van der Waals surface area contributed by atoms with Crippen molar-refractivity contribution < 1.29 is 0 Å². The van der Waals surface area contributed by atoms with E-state index in [-0.39, 0.29) is 0 Å². The molecule has 0 spiro atoms. The first kappa shape index (κ1) is 7.94. The maximum Gasteiger partial charge on any atom is 0.0719 e. The standard InChI is InChI=1S/C12H9NS/c1-8-9-6-7-14-12(9)10-4-2-3-5-11(10)13-8/h2-7H,1H3. The molecule has 14 heavy (non-hydrogen) atoms. The van der Waals surface area contributed by atoms with E-state index < -0.39 is 0 Å². The van der Waals surface area contributed by atoms with Gasteiger partial charge in [-0.15, -0.1) is 11.3 Å². The number of hydrogen-bond donors (Lipinski definition) is 0. The van der Waals surface area contributed by atoms with Gasteiger partial charge in [-0.05, 0) is 24.4 Å². The smallest absolute Gasteiger partial charge is 0.0719 e. The van der Waals surface area contributed by atoms with Crippen LogP contribution in [0.4, 0.5) is 0 Å². The van der Waals surface area contributed by atoms with Crippen LogP contribution in [0.3, 0.4) is 0 Å². The van der Waals surface area contributed by atoms with E-state index in [2.05, 4.69) is 41.6 Å². The molecule has 0 N–H and O–H groups in total. The minimum Gasteiger partial charge on any atom is -0.252 e. The van der Waals surface area contributed by atoms with Crippen LogP contribution in [0.15, 0.2) is 35.7 Å². The average Bonchev–Trinajstić information content (AvgIpc) is 2.67. The van der Waals surface area contributed by atoms with Crippen LogP contribution in [0, 0.1) is 6.92 Å². The van der Waals surface area contributed by atoms with Crippen molar-refractivity contribution in [3.63, 3.8) is 0 Å². The minimum atomic E-state index is 1.10. The lowest BCUT2D eigenvalue weighted by atomic mass is 10.1. The third-order valence-corrected chi connectivity index (χ3v) is 3.44. The van der Waals surface area contributed by atoms with Gasteiger partial charge in [0.15, 0.2) is 0 Å². The summed E-state index contributed by atoms with van der Waals surface area (Å²) in [7, 11) is 0. The normalized spacial score (nSPS) is 11.2. The van der Waals surface area contributed by atoms with Gasteiger partial charge in [0, 0.05) is 21.2 Å². The second-order valence-electron chi connectivity index (χ2n) is 3.38. The lowest BCUT2D eigenvalue weighted by Gasteiger charge is -2.01. The molecule has 68 valence electrons. The number of aromatic nitrogens is 1.